The van der Waals surface area contributed by atoms with Crippen molar-refractivity contribution in [2.24, 2.45) is 0 Å². The molecule has 2 N–H and O–H groups in total. The third kappa shape index (κ3) is 2.10. The molecule has 1 heterocycles. The van der Waals surface area contributed by atoms with Gasteiger partial charge in [0.05, 0.1) is 18.5 Å². The molecule has 0 radical (unpaired) electrons. The molecule has 0 saturated carbocycles. The molecule has 2 nitrogen and oxygen atoms in total. The number of ether oxygens (including phenoxy) is 1. The van der Waals surface area contributed by atoms with Crippen LogP contribution in [0.15, 0.2) is 23.1 Å². The molecule has 0 bridgehead atoms. The Balaban J connectivity index is 2.10. The number of nitrogens with two attached hydrogens (primary N) is 1. The summed E-state index contributed by atoms with van der Waals surface area (Å²) < 4.78 is 5.08. The summed E-state index contributed by atoms with van der Waals surface area (Å²) in [5.74, 6) is 0. The lowest BCUT2D eigenvalue weighted by Gasteiger charge is -2.25. The van der Waals surface area contributed by atoms with Crippen LogP contribution in [0.5, 0.6) is 0 Å². The molecule has 0 spiro atoms. The van der Waals surface area contributed by atoms with E-state index in [1.807, 2.05) is 12.1 Å². The Labute approximate surface area is 86.4 Å². The van der Waals surface area contributed by atoms with E-state index in [1.54, 1.807) is 17.8 Å². The van der Waals surface area contributed by atoms with Crippen LogP contribution in [0.4, 0.5) is 5.69 Å². The van der Waals surface area contributed by atoms with Crippen LogP contribution in [0, 0.1) is 0 Å². The van der Waals surface area contributed by atoms with E-state index in [-0.39, 0.29) is 0 Å². The zero-order chi connectivity index (χ0) is 9.26. The van der Waals surface area contributed by atoms with Gasteiger partial charge in [0.15, 0.2) is 0 Å². The van der Waals surface area contributed by atoms with Gasteiger partial charge in [-0.15, -0.1) is 11.8 Å². The van der Waals surface area contributed by atoms with Crippen molar-refractivity contribution >= 4 is 29.1 Å². The average Bonchev–Trinajstić information content (AvgIpc) is 1.99. The molecular formula is C9H10ClNOS. The van der Waals surface area contributed by atoms with Crippen molar-refractivity contribution in [3.63, 3.8) is 0 Å². The third-order valence-corrected chi connectivity index (χ3v) is 3.34. The largest absolute Gasteiger partial charge is 0.398 e. The molecule has 2 rings (SSSR count). The van der Waals surface area contributed by atoms with Gasteiger partial charge in [-0.05, 0) is 18.2 Å². The molecule has 0 unspecified atom stereocenters. The van der Waals surface area contributed by atoms with Crippen LogP contribution in [0.1, 0.15) is 0 Å². The third-order valence-electron chi connectivity index (χ3n) is 1.87. The maximum Gasteiger partial charge on any atom is 0.0611 e. The fraction of sp³-hybridized carbons (Fsp3) is 0.333. The van der Waals surface area contributed by atoms with Crippen molar-refractivity contribution in [2.75, 3.05) is 18.9 Å². The smallest absolute Gasteiger partial charge is 0.0611 e. The summed E-state index contributed by atoms with van der Waals surface area (Å²) in [6.07, 6.45) is 0. The topological polar surface area (TPSA) is 35.2 Å². The van der Waals surface area contributed by atoms with Gasteiger partial charge in [-0.2, -0.15) is 0 Å². The molecule has 1 aromatic rings. The maximum absolute atomic E-state index is 5.80. The number of thioether (sulfide) groups is 1. The molecule has 1 saturated heterocycles. The summed E-state index contributed by atoms with van der Waals surface area (Å²) in [6, 6.07) is 5.60. The maximum atomic E-state index is 5.80. The fourth-order valence-electron chi connectivity index (χ4n) is 1.09. The zero-order valence-corrected chi connectivity index (χ0v) is 8.57. The molecular weight excluding hydrogens is 206 g/mol. The Morgan fingerprint density at radius 3 is 2.77 bits per heavy atom. The van der Waals surface area contributed by atoms with Gasteiger partial charge in [0.25, 0.3) is 0 Å². The van der Waals surface area contributed by atoms with Crippen LogP contribution < -0.4 is 5.73 Å². The average molecular weight is 216 g/mol. The first-order valence-corrected chi connectivity index (χ1v) is 5.31. The number of rotatable bonds is 2. The predicted molar refractivity (Wildman–Crippen MR) is 56.3 cm³/mol. The molecule has 1 aromatic carbocycles. The number of hydrogen-bond acceptors (Lipinski definition) is 3. The highest BCUT2D eigenvalue weighted by atomic mass is 35.5. The van der Waals surface area contributed by atoms with Crippen molar-refractivity contribution in [3.8, 4) is 0 Å². The summed E-state index contributed by atoms with van der Waals surface area (Å²) >= 11 is 7.54. The van der Waals surface area contributed by atoms with Crippen LogP contribution >= 0.6 is 23.4 Å². The van der Waals surface area contributed by atoms with Crippen molar-refractivity contribution in [1.29, 1.82) is 0 Å². The minimum Gasteiger partial charge on any atom is -0.398 e. The first-order chi connectivity index (χ1) is 6.25. The van der Waals surface area contributed by atoms with Crippen LogP contribution in [0.3, 0.4) is 0 Å². The quantitative estimate of drug-likeness (QED) is 0.770. The Kier molecular flexibility index (Phi) is 2.67. The number of hydrogen-bond donors (Lipinski definition) is 1. The number of benzene rings is 1. The van der Waals surface area contributed by atoms with Crippen molar-refractivity contribution < 1.29 is 4.74 Å². The Bertz CT molecular complexity index is 314. The predicted octanol–water partition coefficient (Wildman–Crippen LogP) is 2.41. The zero-order valence-electron chi connectivity index (χ0n) is 7.00. The Hall–Kier alpha value is -0.380. The first-order valence-electron chi connectivity index (χ1n) is 4.05. The van der Waals surface area contributed by atoms with Crippen LogP contribution in [0.25, 0.3) is 0 Å². The standard InChI is InChI=1S/C9H10ClNOS/c10-6-1-2-9(8(11)3-6)13-7-4-12-5-7/h1-3,7H,4-5,11H2. The van der Waals surface area contributed by atoms with Crippen molar-refractivity contribution in [2.45, 2.75) is 10.1 Å². The highest BCUT2D eigenvalue weighted by Gasteiger charge is 2.20. The van der Waals surface area contributed by atoms with Crippen molar-refractivity contribution in [1.82, 2.24) is 0 Å². The van der Waals surface area contributed by atoms with Crippen molar-refractivity contribution in [3.05, 3.63) is 23.2 Å². The molecule has 0 amide bonds. The van der Waals surface area contributed by atoms with Crippen LogP contribution in [-0.4, -0.2) is 18.5 Å². The molecule has 1 fully saturated rings. The van der Waals surface area contributed by atoms with E-state index in [0.717, 1.165) is 23.8 Å². The van der Waals surface area contributed by atoms with Gasteiger partial charge < -0.3 is 10.5 Å². The van der Waals surface area contributed by atoms with E-state index in [9.17, 15) is 0 Å². The first kappa shape index (κ1) is 9.19. The van der Waals surface area contributed by atoms with Gasteiger partial charge in [-0.3, -0.25) is 0 Å². The van der Waals surface area contributed by atoms with Gasteiger partial charge in [-0.1, -0.05) is 11.6 Å². The Morgan fingerprint density at radius 1 is 1.46 bits per heavy atom. The molecule has 4 heteroatoms. The fourth-order valence-corrected chi connectivity index (χ4v) is 2.30. The summed E-state index contributed by atoms with van der Waals surface area (Å²) in [5.41, 5.74) is 6.56. The number of anilines is 1. The van der Waals surface area contributed by atoms with E-state index in [4.69, 9.17) is 22.1 Å². The summed E-state index contributed by atoms with van der Waals surface area (Å²) in [7, 11) is 0. The molecule has 1 aliphatic rings. The second-order valence-electron chi connectivity index (χ2n) is 2.96. The second kappa shape index (κ2) is 3.78. The van der Waals surface area contributed by atoms with Crippen LogP contribution in [-0.2, 0) is 4.74 Å². The lowest BCUT2D eigenvalue weighted by molar-refractivity contribution is 0.0455. The monoisotopic (exact) mass is 215 g/mol. The second-order valence-corrected chi connectivity index (χ2v) is 4.74. The Morgan fingerprint density at radius 2 is 2.23 bits per heavy atom. The van der Waals surface area contributed by atoms with Crippen LogP contribution in [0.2, 0.25) is 5.02 Å². The van der Waals surface area contributed by atoms with Gasteiger partial charge >= 0.3 is 0 Å². The normalized spacial score (nSPS) is 17.0. The highest BCUT2D eigenvalue weighted by Crippen LogP contribution is 2.33. The minimum absolute atomic E-state index is 0.559. The van der Waals surface area contributed by atoms with Gasteiger partial charge in [0, 0.05) is 15.6 Å². The van der Waals surface area contributed by atoms with Gasteiger partial charge in [-0.25, -0.2) is 0 Å². The lowest BCUT2D eigenvalue weighted by Crippen LogP contribution is -2.30. The van der Waals surface area contributed by atoms with E-state index in [2.05, 4.69) is 0 Å². The molecule has 0 atom stereocenters. The van der Waals surface area contributed by atoms with E-state index in [1.165, 1.54) is 0 Å². The molecule has 1 aliphatic heterocycles. The SMILES string of the molecule is Nc1cc(Cl)ccc1SC1COC1. The summed E-state index contributed by atoms with van der Waals surface area (Å²) in [4.78, 5) is 1.10. The minimum atomic E-state index is 0.559. The molecule has 13 heavy (non-hydrogen) atoms. The van der Waals surface area contributed by atoms with Gasteiger partial charge in [0.1, 0.15) is 0 Å². The highest BCUT2D eigenvalue weighted by molar-refractivity contribution is 8.00. The number of nitrogen functional groups attached to an aromatic ring is 1. The van der Waals surface area contributed by atoms with Gasteiger partial charge in [0.2, 0.25) is 0 Å². The molecule has 0 aliphatic carbocycles. The summed E-state index contributed by atoms with van der Waals surface area (Å²) in [6.45, 7) is 1.65. The van der Waals surface area contributed by atoms with E-state index >= 15 is 0 Å². The van der Waals surface area contributed by atoms with E-state index < -0.39 is 0 Å². The molecule has 0 aromatic heterocycles. The summed E-state index contributed by atoms with van der Waals surface area (Å²) in [5, 5.41) is 1.25. The number of halogens is 1. The lowest BCUT2D eigenvalue weighted by atomic mass is 10.3. The van der Waals surface area contributed by atoms with E-state index in [0.29, 0.717) is 10.3 Å². The molecule has 70 valence electrons.